The van der Waals surface area contributed by atoms with Crippen molar-refractivity contribution in [1.29, 1.82) is 0 Å². The van der Waals surface area contributed by atoms with Crippen LogP contribution in [-0.4, -0.2) is 19.9 Å². The van der Waals surface area contributed by atoms with Crippen LogP contribution in [0.4, 0.5) is 0 Å². The first kappa shape index (κ1) is 20.6. The molecule has 0 bridgehead atoms. The molecule has 2 heterocycles. The average Bonchev–Trinajstić information content (AvgIpc) is 3.06. The van der Waals surface area contributed by atoms with Gasteiger partial charge in [0.2, 0.25) is 0 Å². The van der Waals surface area contributed by atoms with Gasteiger partial charge in [-0.15, -0.1) is 0 Å². The van der Waals surface area contributed by atoms with Crippen LogP contribution in [0.25, 0.3) is 16.9 Å². The minimum absolute atomic E-state index is 0.446. The first-order chi connectivity index (χ1) is 14.4. The van der Waals surface area contributed by atoms with Gasteiger partial charge in [-0.25, -0.2) is 4.68 Å². The number of nitrogens with zero attached hydrogens (tertiary/aromatic N) is 3. The largest absolute Gasteiger partial charge is 0.386 e. The highest BCUT2D eigenvalue weighted by Crippen LogP contribution is 2.35. The predicted molar refractivity (Wildman–Crippen MR) is 121 cm³/mol. The van der Waals surface area contributed by atoms with Crippen LogP contribution in [0.3, 0.4) is 0 Å². The van der Waals surface area contributed by atoms with Gasteiger partial charge in [0.1, 0.15) is 6.10 Å². The maximum absolute atomic E-state index is 11.0. The Kier molecular flexibility index (Phi) is 5.91. The summed E-state index contributed by atoms with van der Waals surface area (Å²) in [5.41, 5.74) is 6.29. The summed E-state index contributed by atoms with van der Waals surface area (Å²) in [6, 6.07) is 17.3. The number of aryl methyl sites for hydroxylation is 1. The first-order valence-corrected chi connectivity index (χ1v) is 10.4. The summed E-state index contributed by atoms with van der Waals surface area (Å²) in [6.07, 6.45) is 3.13. The molecule has 4 rings (SSSR count). The van der Waals surface area contributed by atoms with Crippen molar-refractivity contribution in [2.24, 2.45) is 0 Å². The third kappa shape index (κ3) is 4.12. The van der Waals surface area contributed by atoms with Crippen molar-refractivity contribution in [1.82, 2.24) is 14.8 Å². The fourth-order valence-electron chi connectivity index (χ4n) is 3.55. The van der Waals surface area contributed by atoms with Crippen LogP contribution in [0.5, 0.6) is 0 Å². The zero-order chi connectivity index (χ0) is 21.3. The van der Waals surface area contributed by atoms with E-state index in [9.17, 15) is 5.11 Å². The number of aromatic nitrogens is 3. The molecule has 0 aliphatic heterocycles. The number of aliphatic hydroxyl groups excluding tert-OH is 1. The van der Waals surface area contributed by atoms with E-state index in [1.165, 1.54) is 5.56 Å². The van der Waals surface area contributed by atoms with Crippen molar-refractivity contribution in [3.05, 3.63) is 99.4 Å². The number of benzene rings is 2. The lowest BCUT2D eigenvalue weighted by molar-refractivity contribution is 0.172. The molecule has 4 aromatic rings. The molecular weight excluding hydrogens is 417 g/mol. The Bertz CT molecular complexity index is 1170. The molecule has 2 aromatic carbocycles. The average molecular weight is 438 g/mol. The SMILES string of the molecule is Cc1ccc(-c2c(C)c(C(O)Cc3ccncc3)nn2-c2ccc(Cl)cc2Cl)cc1. The van der Waals surface area contributed by atoms with E-state index in [1.807, 2.05) is 32.0 Å². The number of aliphatic hydroxyl groups is 1. The molecule has 30 heavy (non-hydrogen) atoms. The Morgan fingerprint density at radius 2 is 1.67 bits per heavy atom. The number of hydrogen-bond donors (Lipinski definition) is 1. The standard InChI is InChI=1S/C24H21Cl2N3O/c1-15-3-5-18(6-4-15)24-16(2)23(22(30)13-17-9-11-27-12-10-17)28-29(24)21-8-7-19(25)14-20(21)26/h3-12,14,22,30H,13H2,1-2H3. The van der Waals surface area contributed by atoms with Crippen LogP contribution >= 0.6 is 23.2 Å². The number of rotatable bonds is 5. The molecule has 1 unspecified atom stereocenters. The Balaban J connectivity index is 1.85. The van der Waals surface area contributed by atoms with E-state index in [2.05, 4.69) is 29.2 Å². The third-order valence-corrected chi connectivity index (χ3v) is 5.65. The van der Waals surface area contributed by atoms with E-state index in [0.717, 1.165) is 22.4 Å². The lowest BCUT2D eigenvalue weighted by atomic mass is 10.0. The second-order valence-corrected chi connectivity index (χ2v) is 8.15. The fourth-order valence-corrected chi connectivity index (χ4v) is 4.03. The molecule has 152 valence electrons. The lowest BCUT2D eigenvalue weighted by Crippen LogP contribution is -2.05. The number of pyridine rings is 1. The minimum Gasteiger partial charge on any atom is -0.386 e. The molecule has 0 aliphatic carbocycles. The Morgan fingerprint density at radius 3 is 2.33 bits per heavy atom. The molecule has 0 aliphatic rings. The maximum Gasteiger partial charge on any atom is 0.102 e. The van der Waals surface area contributed by atoms with Gasteiger partial charge in [-0.1, -0.05) is 53.0 Å². The van der Waals surface area contributed by atoms with Gasteiger partial charge >= 0.3 is 0 Å². The van der Waals surface area contributed by atoms with Crippen molar-refractivity contribution in [2.75, 3.05) is 0 Å². The molecule has 4 nitrogen and oxygen atoms in total. The van der Waals surface area contributed by atoms with E-state index in [1.54, 1.807) is 29.2 Å². The molecule has 2 aromatic heterocycles. The second-order valence-electron chi connectivity index (χ2n) is 7.31. The Hall–Kier alpha value is -2.66. The van der Waals surface area contributed by atoms with Gasteiger partial charge in [0.25, 0.3) is 0 Å². The van der Waals surface area contributed by atoms with Crippen molar-refractivity contribution >= 4 is 23.2 Å². The normalized spacial score (nSPS) is 12.2. The Labute approximate surface area is 185 Å². The molecule has 0 saturated carbocycles. The molecule has 0 saturated heterocycles. The zero-order valence-corrected chi connectivity index (χ0v) is 18.2. The fraction of sp³-hybridized carbons (Fsp3) is 0.167. The summed E-state index contributed by atoms with van der Waals surface area (Å²) < 4.78 is 1.80. The highest BCUT2D eigenvalue weighted by Gasteiger charge is 2.23. The van der Waals surface area contributed by atoms with E-state index in [0.29, 0.717) is 27.8 Å². The van der Waals surface area contributed by atoms with Crippen LogP contribution in [0.2, 0.25) is 10.0 Å². The van der Waals surface area contributed by atoms with Crippen molar-refractivity contribution in [3.8, 4) is 16.9 Å². The Morgan fingerprint density at radius 1 is 0.967 bits per heavy atom. The van der Waals surface area contributed by atoms with Gasteiger partial charge in [0, 0.05) is 35.0 Å². The molecule has 0 radical (unpaired) electrons. The number of hydrogen-bond acceptors (Lipinski definition) is 3. The zero-order valence-electron chi connectivity index (χ0n) is 16.7. The second kappa shape index (κ2) is 8.60. The topological polar surface area (TPSA) is 50.9 Å². The number of halogens is 2. The van der Waals surface area contributed by atoms with Crippen LogP contribution in [0, 0.1) is 13.8 Å². The molecule has 1 N–H and O–H groups in total. The summed E-state index contributed by atoms with van der Waals surface area (Å²) in [5.74, 6) is 0. The first-order valence-electron chi connectivity index (χ1n) is 9.63. The highest BCUT2D eigenvalue weighted by atomic mass is 35.5. The monoisotopic (exact) mass is 437 g/mol. The van der Waals surface area contributed by atoms with E-state index >= 15 is 0 Å². The van der Waals surface area contributed by atoms with Crippen LogP contribution < -0.4 is 0 Å². The van der Waals surface area contributed by atoms with Crippen molar-refractivity contribution < 1.29 is 5.11 Å². The van der Waals surface area contributed by atoms with Crippen LogP contribution in [0.1, 0.15) is 28.5 Å². The smallest absolute Gasteiger partial charge is 0.102 e. The van der Waals surface area contributed by atoms with Gasteiger partial charge in [-0.3, -0.25) is 4.98 Å². The minimum atomic E-state index is -0.760. The van der Waals surface area contributed by atoms with Crippen molar-refractivity contribution in [3.63, 3.8) is 0 Å². The lowest BCUT2D eigenvalue weighted by Gasteiger charge is -2.11. The van der Waals surface area contributed by atoms with Crippen LogP contribution in [-0.2, 0) is 6.42 Å². The molecular formula is C24H21Cl2N3O. The molecule has 6 heteroatoms. The summed E-state index contributed by atoms with van der Waals surface area (Å²) in [4.78, 5) is 4.04. The van der Waals surface area contributed by atoms with E-state index in [4.69, 9.17) is 28.3 Å². The molecule has 0 spiro atoms. The summed E-state index contributed by atoms with van der Waals surface area (Å²) in [6.45, 7) is 4.03. The molecule has 0 amide bonds. The predicted octanol–water partition coefficient (Wildman–Crippen LogP) is 6.13. The van der Waals surface area contributed by atoms with E-state index < -0.39 is 6.10 Å². The van der Waals surface area contributed by atoms with Gasteiger partial charge in [0.05, 0.1) is 22.1 Å². The third-order valence-electron chi connectivity index (χ3n) is 5.12. The summed E-state index contributed by atoms with van der Waals surface area (Å²) >= 11 is 12.6. The molecule has 0 fully saturated rings. The highest BCUT2D eigenvalue weighted by molar-refractivity contribution is 6.35. The maximum atomic E-state index is 11.0. The van der Waals surface area contributed by atoms with Gasteiger partial charge in [0.15, 0.2) is 0 Å². The van der Waals surface area contributed by atoms with Crippen LogP contribution in [0.15, 0.2) is 67.0 Å². The van der Waals surface area contributed by atoms with Gasteiger partial charge in [-0.05, 0) is 49.7 Å². The van der Waals surface area contributed by atoms with Crippen molar-refractivity contribution in [2.45, 2.75) is 26.4 Å². The van der Waals surface area contributed by atoms with Gasteiger partial charge in [-0.2, -0.15) is 5.10 Å². The summed E-state index contributed by atoms with van der Waals surface area (Å²) in [7, 11) is 0. The van der Waals surface area contributed by atoms with E-state index in [-0.39, 0.29) is 0 Å². The quantitative estimate of drug-likeness (QED) is 0.408. The summed E-state index contributed by atoms with van der Waals surface area (Å²) in [5, 5.41) is 16.8. The van der Waals surface area contributed by atoms with Gasteiger partial charge < -0.3 is 5.11 Å². The molecule has 1 atom stereocenters.